The molecule has 0 spiro atoms. The van der Waals surface area contributed by atoms with Gasteiger partial charge in [0.05, 0.1) is 0 Å². The Morgan fingerprint density at radius 3 is 2.73 bits per heavy atom. The molecular weight excluding hydrogens is 192 g/mol. The van der Waals surface area contributed by atoms with Crippen LogP contribution in [0.1, 0.15) is 27.2 Å². The number of hydrogen-bond acceptors (Lipinski definition) is 3. The van der Waals surface area contributed by atoms with Crippen LogP contribution in [0.5, 0.6) is 0 Å². The van der Waals surface area contributed by atoms with Crippen molar-refractivity contribution in [3.63, 3.8) is 0 Å². The minimum atomic E-state index is -0.403. The van der Waals surface area contributed by atoms with E-state index in [1.165, 1.54) is 6.42 Å². The van der Waals surface area contributed by atoms with Gasteiger partial charge in [-0.05, 0) is 39.7 Å². The van der Waals surface area contributed by atoms with Gasteiger partial charge in [-0.3, -0.25) is 0 Å². The van der Waals surface area contributed by atoms with Crippen molar-refractivity contribution in [3.05, 3.63) is 0 Å². The van der Waals surface area contributed by atoms with Gasteiger partial charge < -0.3 is 15.4 Å². The van der Waals surface area contributed by atoms with Gasteiger partial charge in [0.15, 0.2) is 0 Å². The summed E-state index contributed by atoms with van der Waals surface area (Å²) in [4.78, 5) is 13.5. The molecular formula is C11H20N2O2. The predicted molar refractivity (Wildman–Crippen MR) is 57.4 cm³/mol. The molecule has 4 heteroatoms. The summed E-state index contributed by atoms with van der Waals surface area (Å²) in [5, 5.41) is 0. The van der Waals surface area contributed by atoms with E-state index in [4.69, 9.17) is 10.5 Å². The van der Waals surface area contributed by atoms with Crippen LogP contribution in [0.3, 0.4) is 0 Å². The maximum atomic E-state index is 11.7. The zero-order valence-electron chi connectivity index (χ0n) is 9.75. The first-order chi connectivity index (χ1) is 6.86. The lowest BCUT2D eigenvalue weighted by molar-refractivity contribution is 0.0263. The maximum absolute atomic E-state index is 11.7. The highest BCUT2D eigenvalue weighted by Crippen LogP contribution is 2.56. The summed E-state index contributed by atoms with van der Waals surface area (Å²) in [6, 6.07) is 0. The summed E-state index contributed by atoms with van der Waals surface area (Å²) >= 11 is 0. The Bertz CT molecular complexity index is 281. The van der Waals surface area contributed by atoms with Gasteiger partial charge in [-0.25, -0.2) is 4.79 Å². The van der Waals surface area contributed by atoms with Crippen molar-refractivity contribution >= 4 is 6.09 Å². The van der Waals surface area contributed by atoms with Crippen LogP contribution in [0.2, 0.25) is 0 Å². The van der Waals surface area contributed by atoms with Crippen LogP contribution in [-0.4, -0.2) is 36.2 Å². The molecule has 1 saturated carbocycles. The summed E-state index contributed by atoms with van der Waals surface area (Å²) < 4.78 is 5.33. The van der Waals surface area contributed by atoms with Crippen molar-refractivity contribution in [1.82, 2.24) is 4.90 Å². The Kier molecular flexibility index (Phi) is 2.23. The minimum Gasteiger partial charge on any atom is -0.444 e. The normalized spacial score (nSPS) is 33.9. The van der Waals surface area contributed by atoms with Crippen molar-refractivity contribution in [3.8, 4) is 0 Å². The highest BCUT2D eigenvalue weighted by Gasteiger charge is 2.60. The zero-order valence-corrected chi connectivity index (χ0v) is 9.75. The molecule has 1 saturated heterocycles. The third kappa shape index (κ3) is 1.95. The van der Waals surface area contributed by atoms with Crippen molar-refractivity contribution in [1.29, 1.82) is 0 Å². The second kappa shape index (κ2) is 3.11. The average Bonchev–Trinajstić information content (AvgIpc) is 2.66. The van der Waals surface area contributed by atoms with E-state index in [-0.39, 0.29) is 11.5 Å². The summed E-state index contributed by atoms with van der Waals surface area (Å²) in [6.07, 6.45) is 0.991. The number of carbonyl (C=O) groups is 1. The summed E-state index contributed by atoms with van der Waals surface area (Å²) in [6.45, 7) is 7.97. The fraction of sp³-hybridized carbons (Fsp3) is 0.909. The summed E-state index contributed by atoms with van der Waals surface area (Å²) in [5.41, 5.74) is 5.55. The number of hydrogen-bond donors (Lipinski definition) is 1. The lowest BCUT2D eigenvalue weighted by Crippen LogP contribution is -2.38. The first kappa shape index (κ1) is 10.7. The highest BCUT2D eigenvalue weighted by molar-refractivity contribution is 5.69. The molecule has 86 valence electrons. The molecule has 0 aromatic rings. The molecule has 0 aromatic heterocycles. The molecule has 2 aliphatic rings. The number of fused-ring (bicyclic) bond motifs is 1. The molecule has 4 nitrogen and oxygen atoms in total. The Morgan fingerprint density at radius 1 is 1.60 bits per heavy atom. The first-order valence-corrected chi connectivity index (χ1v) is 5.54. The molecule has 1 aliphatic carbocycles. The number of carbonyl (C=O) groups excluding carboxylic acids is 1. The fourth-order valence-corrected chi connectivity index (χ4v) is 2.37. The van der Waals surface area contributed by atoms with Crippen molar-refractivity contribution in [2.45, 2.75) is 32.8 Å². The second-order valence-electron chi connectivity index (χ2n) is 5.83. The van der Waals surface area contributed by atoms with Gasteiger partial charge in [-0.15, -0.1) is 0 Å². The number of nitrogens with two attached hydrogens (primary N) is 1. The van der Waals surface area contributed by atoms with Gasteiger partial charge in [0.2, 0.25) is 0 Å². The molecule has 0 aromatic carbocycles. The van der Waals surface area contributed by atoms with Gasteiger partial charge in [-0.2, -0.15) is 0 Å². The third-order valence-corrected chi connectivity index (χ3v) is 3.36. The van der Waals surface area contributed by atoms with Crippen molar-refractivity contribution in [2.24, 2.45) is 17.1 Å². The lowest BCUT2D eigenvalue weighted by Gasteiger charge is -2.26. The van der Waals surface area contributed by atoms with Crippen molar-refractivity contribution < 1.29 is 9.53 Å². The molecule has 2 fully saturated rings. The molecule has 0 unspecified atom stereocenters. The lowest BCUT2D eigenvalue weighted by atomic mass is 10.1. The van der Waals surface area contributed by atoms with E-state index in [2.05, 4.69) is 0 Å². The number of ether oxygens (including phenoxy) is 1. The average molecular weight is 212 g/mol. The van der Waals surface area contributed by atoms with Gasteiger partial charge in [0.1, 0.15) is 5.60 Å². The Hall–Kier alpha value is -0.770. The largest absolute Gasteiger partial charge is 0.444 e. The first-order valence-electron chi connectivity index (χ1n) is 5.54. The molecule has 1 amide bonds. The Balaban J connectivity index is 1.90. The predicted octanol–water partition coefficient (Wildman–Crippen LogP) is 1.20. The van der Waals surface area contributed by atoms with Crippen LogP contribution in [0, 0.1) is 11.3 Å². The maximum Gasteiger partial charge on any atom is 0.410 e. The zero-order chi connectivity index (χ0) is 11.3. The van der Waals surface area contributed by atoms with Crippen LogP contribution in [0.25, 0.3) is 0 Å². The van der Waals surface area contributed by atoms with E-state index >= 15 is 0 Å². The molecule has 1 aliphatic heterocycles. The number of nitrogens with zero attached hydrogens (tertiary/aromatic N) is 1. The standard InChI is InChI=1S/C11H20N2O2/c1-10(2,3)15-9(14)13-5-8-4-11(8,6-12)7-13/h8H,4-7,12H2,1-3H3/t8-,11+/m1/s1. The topological polar surface area (TPSA) is 55.6 Å². The smallest absolute Gasteiger partial charge is 0.410 e. The molecule has 15 heavy (non-hydrogen) atoms. The Labute approximate surface area is 90.8 Å². The summed E-state index contributed by atoms with van der Waals surface area (Å²) in [7, 11) is 0. The fourth-order valence-electron chi connectivity index (χ4n) is 2.37. The summed E-state index contributed by atoms with van der Waals surface area (Å²) in [5.74, 6) is 0.620. The molecule has 0 bridgehead atoms. The number of amides is 1. The second-order valence-corrected chi connectivity index (χ2v) is 5.83. The SMILES string of the molecule is CC(C)(C)OC(=O)N1C[C@H]2C[C@]2(CN)C1. The van der Waals surface area contributed by atoms with E-state index in [0.717, 1.165) is 13.1 Å². The third-order valence-electron chi connectivity index (χ3n) is 3.36. The number of likely N-dealkylation sites (tertiary alicyclic amines) is 1. The van der Waals surface area contributed by atoms with E-state index in [1.807, 2.05) is 20.8 Å². The van der Waals surface area contributed by atoms with Gasteiger partial charge in [0.25, 0.3) is 0 Å². The Morgan fingerprint density at radius 2 is 2.27 bits per heavy atom. The van der Waals surface area contributed by atoms with Crippen LogP contribution < -0.4 is 5.73 Å². The molecule has 2 rings (SSSR count). The number of rotatable bonds is 1. The van der Waals surface area contributed by atoms with Crippen molar-refractivity contribution in [2.75, 3.05) is 19.6 Å². The van der Waals surface area contributed by atoms with Crippen LogP contribution in [0.4, 0.5) is 4.79 Å². The monoisotopic (exact) mass is 212 g/mol. The minimum absolute atomic E-state index is 0.192. The van der Waals surface area contributed by atoms with E-state index in [9.17, 15) is 4.79 Å². The van der Waals surface area contributed by atoms with Gasteiger partial charge >= 0.3 is 6.09 Å². The van der Waals surface area contributed by atoms with Gasteiger partial charge in [0, 0.05) is 18.5 Å². The van der Waals surface area contributed by atoms with Crippen LogP contribution >= 0.6 is 0 Å². The molecule has 1 heterocycles. The number of piperidine rings is 1. The van der Waals surface area contributed by atoms with Gasteiger partial charge in [-0.1, -0.05) is 0 Å². The van der Waals surface area contributed by atoms with E-state index in [1.54, 1.807) is 4.90 Å². The van der Waals surface area contributed by atoms with Crippen LogP contribution in [-0.2, 0) is 4.74 Å². The molecule has 2 N–H and O–H groups in total. The quantitative estimate of drug-likeness (QED) is 0.710. The van der Waals surface area contributed by atoms with Crippen LogP contribution in [0.15, 0.2) is 0 Å². The molecule has 2 atom stereocenters. The highest BCUT2D eigenvalue weighted by atomic mass is 16.6. The van der Waals surface area contributed by atoms with E-state index < -0.39 is 5.60 Å². The van der Waals surface area contributed by atoms with E-state index in [0.29, 0.717) is 12.5 Å². The molecule has 0 radical (unpaired) electrons.